The molecule has 0 radical (unpaired) electrons. The fraction of sp³-hybridized carbons (Fsp3) is 0.684. The summed E-state index contributed by atoms with van der Waals surface area (Å²) in [5.41, 5.74) is -0.0667. The maximum absolute atomic E-state index is 10.3. The molecule has 1 fully saturated rings. The average molecular weight is 364 g/mol. The third-order valence-corrected chi connectivity index (χ3v) is 5.43. The first-order chi connectivity index (χ1) is 12.1. The quantitative estimate of drug-likeness (QED) is 0.566. The molecule has 0 aromatic heterocycles. The van der Waals surface area contributed by atoms with Crippen LogP contribution in [0.15, 0.2) is 24.3 Å². The summed E-state index contributed by atoms with van der Waals surface area (Å²) in [6.45, 7) is 12.7. The Kier molecular flexibility index (Phi) is 7.24. The predicted octanol–water partition coefficient (Wildman–Crippen LogP) is 0.0501. The number of nitrogens with zero attached hydrogens (tertiary/aromatic N) is 2. The first-order valence-electron chi connectivity index (χ1n) is 9.35. The van der Waals surface area contributed by atoms with Gasteiger partial charge in [-0.1, -0.05) is 24.3 Å². The van der Waals surface area contributed by atoms with Crippen molar-refractivity contribution in [3.05, 3.63) is 29.8 Å². The molecule has 3 N–H and O–H groups in total. The van der Waals surface area contributed by atoms with E-state index in [9.17, 15) is 10.1 Å². The minimum atomic E-state index is -1.08. The molecule has 1 heterocycles. The summed E-state index contributed by atoms with van der Waals surface area (Å²) in [5, 5.41) is 29.5. The number of benzene rings is 1. The van der Waals surface area contributed by atoms with E-state index in [0.717, 1.165) is 39.3 Å². The van der Waals surface area contributed by atoms with Crippen LogP contribution in [0.1, 0.15) is 33.3 Å². The molecule has 0 aliphatic carbocycles. The van der Waals surface area contributed by atoms with E-state index in [2.05, 4.69) is 9.80 Å². The standard InChI is InChI=1S/C19H33BN2O4/c1-18(2,24)19(3,4)26-20(25)17-7-5-16(6-8-17)15-22-11-9-21(10-12-22)13-14-23/h5-8,23-25H,9-15H2,1-4H3. The van der Waals surface area contributed by atoms with Gasteiger partial charge in [-0.05, 0) is 38.7 Å². The van der Waals surface area contributed by atoms with Crippen LogP contribution in [0, 0.1) is 0 Å². The highest BCUT2D eigenvalue weighted by atomic mass is 16.5. The van der Waals surface area contributed by atoms with Gasteiger partial charge in [-0.2, -0.15) is 0 Å². The third kappa shape index (κ3) is 5.77. The molecule has 6 nitrogen and oxygen atoms in total. The van der Waals surface area contributed by atoms with Crippen LogP contribution in [0.5, 0.6) is 0 Å². The number of hydrogen-bond donors (Lipinski definition) is 3. The molecular formula is C19H33BN2O4. The molecule has 1 aliphatic heterocycles. The molecular weight excluding hydrogens is 331 g/mol. The van der Waals surface area contributed by atoms with Gasteiger partial charge in [0, 0.05) is 39.3 Å². The lowest BCUT2D eigenvalue weighted by Gasteiger charge is -2.38. The Morgan fingerprint density at radius 1 is 1.00 bits per heavy atom. The average Bonchev–Trinajstić information content (AvgIpc) is 2.56. The van der Waals surface area contributed by atoms with E-state index >= 15 is 0 Å². The lowest BCUT2D eigenvalue weighted by Crippen LogP contribution is -2.53. The smallest absolute Gasteiger partial charge is 0.423 e. The Labute approximate surface area is 157 Å². The molecule has 1 aromatic rings. The van der Waals surface area contributed by atoms with Gasteiger partial charge in [0.15, 0.2) is 0 Å². The second-order valence-electron chi connectivity index (χ2n) is 8.12. The zero-order valence-corrected chi connectivity index (χ0v) is 16.5. The Bertz CT molecular complexity index is 552. The van der Waals surface area contributed by atoms with Crippen LogP contribution in [0.4, 0.5) is 0 Å². The van der Waals surface area contributed by atoms with Crippen molar-refractivity contribution in [1.29, 1.82) is 0 Å². The van der Waals surface area contributed by atoms with Gasteiger partial charge >= 0.3 is 7.12 Å². The first kappa shape index (κ1) is 21.3. The fourth-order valence-corrected chi connectivity index (χ4v) is 2.85. The van der Waals surface area contributed by atoms with Crippen LogP contribution in [-0.2, 0) is 11.2 Å². The van der Waals surface area contributed by atoms with Crippen molar-refractivity contribution in [2.45, 2.75) is 45.4 Å². The summed E-state index contributed by atoms with van der Waals surface area (Å²) in [6, 6.07) is 7.78. The largest absolute Gasteiger partial charge is 0.491 e. The van der Waals surface area contributed by atoms with E-state index in [1.54, 1.807) is 27.7 Å². The third-order valence-electron chi connectivity index (χ3n) is 5.43. The monoisotopic (exact) mass is 364 g/mol. The van der Waals surface area contributed by atoms with Crippen LogP contribution in [0.25, 0.3) is 0 Å². The minimum Gasteiger partial charge on any atom is -0.423 e. The van der Waals surface area contributed by atoms with E-state index in [4.69, 9.17) is 9.76 Å². The van der Waals surface area contributed by atoms with Gasteiger partial charge in [0.25, 0.3) is 0 Å². The minimum absolute atomic E-state index is 0.218. The van der Waals surface area contributed by atoms with Gasteiger partial charge in [0.05, 0.1) is 17.8 Å². The molecule has 26 heavy (non-hydrogen) atoms. The number of aliphatic hydroxyl groups is 2. The van der Waals surface area contributed by atoms with Gasteiger partial charge in [0.1, 0.15) is 0 Å². The zero-order valence-electron chi connectivity index (χ0n) is 16.5. The van der Waals surface area contributed by atoms with Gasteiger partial charge in [-0.15, -0.1) is 0 Å². The molecule has 1 aromatic carbocycles. The molecule has 0 amide bonds. The molecule has 0 spiro atoms. The molecule has 0 unspecified atom stereocenters. The summed E-state index contributed by atoms with van der Waals surface area (Å²) in [4.78, 5) is 4.67. The summed E-state index contributed by atoms with van der Waals surface area (Å²) in [6.07, 6.45) is 0. The highest BCUT2D eigenvalue weighted by Gasteiger charge is 2.39. The second-order valence-corrected chi connectivity index (χ2v) is 8.12. The number of rotatable bonds is 8. The molecule has 1 aliphatic rings. The number of β-amino-alcohol motifs (C(OH)–C–C–N with tert-alkyl or cyclic N) is 1. The SMILES string of the molecule is CC(C)(O)C(C)(C)OB(O)c1ccc(CN2CCN(CCO)CC2)cc1. The van der Waals surface area contributed by atoms with Crippen LogP contribution >= 0.6 is 0 Å². The maximum Gasteiger partial charge on any atom is 0.491 e. The molecule has 0 bridgehead atoms. The van der Waals surface area contributed by atoms with E-state index in [1.165, 1.54) is 5.56 Å². The van der Waals surface area contributed by atoms with Crippen LogP contribution < -0.4 is 5.46 Å². The number of hydrogen-bond acceptors (Lipinski definition) is 6. The first-order valence-corrected chi connectivity index (χ1v) is 9.35. The van der Waals surface area contributed by atoms with Crippen LogP contribution in [0.3, 0.4) is 0 Å². The highest BCUT2D eigenvalue weighted by molar-refractivity contribution is 6.60. The number of aliphatic hydroxyl groups excluding tert-OH is 1. The maximum atomic E-state index is 10.3. The second kappa shape index (κ2) is 8.82. The van der Waals surface area contributed by atoms with Gasteiger partial charge < -0.3 is 19.9 Å². The van der Waals surface area contributed by atoms with Crippen molar-refractivity contribution in [2.24, 2.45) is 0 Å². The molecule has 0 atom stereocenters. The van der Waals surface area contributed by atoms with Gasteiger partial charge in [0.2, 0.25) is 0 Å². The Hall–Kier alpha value is -0.955. The van der Waals surface area contributed by atoms with Crippen molar-refractivity contribution in [3.63, 3.8) is 0 Å². The molecule has 7 heteroatoms. The normalized spacial score (nSPS) is 17.5. The van der Waals surface area contributed by atoms with E-state index in [0.29, 0.717) is 5.46 Å². The lowest BCUT2D eigenvalue weighted by atomic mass is 9.76. The Morgan fingerprint density at radius 2 is 1.54 bits per heavy atom. The molecule has 0 saturated carbocycles. The van der Waals surface area contributed by atoms with Crippen molar-refractivity contribution in [1.82, 2.24) is 9.80 Å². The van der Waals surface area contributed by atoms with E-state index in [-0.39, 0.29) is 6.61 Å². The van der Waals surface area contributed by atoms with Crippen molar-refractivity contribution < 1.29 is 19.9 Å². The van der Waals surface area contributed by atoms with Crippen molar-refractivity contribution in [2.75, 3.05) is 39.3 Å². The van der Waals surface area contributed by atoms with Crippen molar-refractivity contribution in [3.8, 4) is 0 Å². The van der Waals surface area contributed by atoms with Crippen molar-refractivity contribution >= 4 is 12.6 Å². The zero-order chi connectivity index (χ0) is 19.4. The lowest BCUT2D eigenvalue weighted by molar-refractivity contribution is -0.0982. The highest BCUT2D eigenvalue weighted by Crippen LogP contribution is 2.25. The Balaban J connectivity index is 1.88. The summed E-state index contributed by atoms with van der Waals surface area (Å²) >= 11 is 0. The van der Waals surface area contributed by atoms with E-state index in [1.807, 2.05) is 24.3 Å². The van der Waals surface area contributed by atoms with Gasteiger partial charge in [-0.3, -0.25) is 9.80 Å². The van der Waals surface area contributed by atoms with Gasteiger partial charge in [-0.25, -0.2) is 0 Å². The molecule has 2 rings (SSSR count). The summed E-state index contributed by atoms with van der Waals surface area (Å²) in [7, 11) is -1.08. The molecule has 146 valence electrons. The van der Waals surface area contributed by atoms with Crippen LogP contribution in [-0.4, -0.2) is 82.7 Å². The summed E-state index contributed by atoms with van der Waals surface area (Å²) < 4.78 is 5.68. The topological polar surface area (TPSA) is 76.4 Å². The Morgan fingerprint density at radius 3 is 2.04 bits per heavy atom. The fourth-order valence-electron chi connectivity index (χ4n) is 2.85. The summed E-state index contributed by atoms with van der Waals surface area (Å²) in [5.74, 6) is 0. The number of piperazine rings is 1. The van der Waals surface area contributed by atoms with E-state index < -0.39 is 18.3 Å². The molecule has 1 saturated heterocycles. The van der Waals surface area contributed by atoms with Crippen LogP contribution in [0.2, 0.25) is 0 Å². The predicted molar refractivity (Wildman–Crippen MR) is 104 cm³/mol.